The van der Waals surface area contributed by atoms with E-state index in [-0.39, 0.29) is 16.3 Å². The van der Waals surface area contributed by atoms with Gasteiger partial charge in [0.1, 0.15) is 0 Å². The third-order valence-corrected chi connectivity index (χ3v) is 6.92. The molecular weight excluding hydrogens is 422 g/mol. The quantitative estimate of drug-likeness (QED) is 0.546. The molecule has 3 rings (SSSR count). The zero-order valence-corrected chi connectivity index (χ0v) is 18.1. The fourth-order valence-electron chi connectivity index (χ4n) is 2.75. The van der Waals surface area contributed by atoms with E-state index < -0.39 is 19.9 Å². The van der Waals surface area contributed by atoms with Gasteiger partial charge < -0.3 is 4.74 Å². The van der Waals surface area contributed by atoms with E-state index in [1.807, 2.05) is 54.6 Å². The van der Waals surface area contributed by atoms with Crippen LogP contribution >= 0.6 is 0 Å². The fourth-order valence-corrected chi connectivity index (χ4v) is 4.55. The molecule has 0 aliphatic heterocycles. The van der Waals surface area contributed by atoms with Gasteiger partial charge in [-0.3, -0.25) is 0 Å². The Morgan fingerprint density at radius 2 is 1.27 bits per heavy atom. The van der Waals surface area contributed by atoms with Crippen molar-refractivity contribution in [3.05, 3.63) is 95.6 Å². The number of hydrogen-bond donors (Lipinski definition) is 1. The third-order valence-electron chi connectivity index (χ3n) is 4.41. The Bertz CT molecular complexity index is 1190. The molecule has 0 fully saturated rings. The minimum absolute atomic E-state index is 0.0368. The summed E-state index contributed by atoms with van der Waals surface area (Å²) in [6.07, 6.45) is 1.04. The topological polar surface area (TPSA) is 89.5 Å². The van der Waals surface area contributed by atoms with Crippen molar-refractivity contribution in [1.82, 2.24) is 4.72 Å². The van der Waals surface area contributed by atoms with E-state index in [0.29, 0.717) is 13.2 Å². The van der Waals surface area contributed by atoms with Crippen LogP contribution in [0.15, 0.2) is 88.7 Å². The molecule has 1 N–H and O–H groups in total. The summed E-state index contributed by atoms with van der Waals surface area (Å²) >= 11 is 0. The standard InChI is InChI=1S/C22H23NO5S2/c1-29(24,25)21-8-5-9-22(14-21)30(26,27)23-15-18-10-12-20(13-11-18)17-28-16-19-6-3-2-4-7-19/h2-14,23H,15-17H2,1H3. The highest BCUT2D eigenvalue weighted by atomic mass is 32.2. The first-order valence-electron chi connectivity index (χ1n) is 9.23. The third kappa shape index (κ3) is 6.24. The molecule has 0 amide bonds. The molecule has 30 heavy (non-hydrogen) atoms. The molecule has 0 aliphatic carbocycles. The van der Waals surface area contributed by atoms with E-state index in [1.54, 1.807) is 0 Å². The van der Waals surface area contributed by atoms with E-state index in [2.05, 4.69) is 4.72 Å². The van der Waals surface area contributed by atoms with Crippen molar-refractivity contribution in [2.24, 2.45) is 0 Å². The lowest BCUT2D eigenvalue weighted by molar-refractivity contribution is 0.107. The highest BCUT2D eigenvalue weighted by Gasteiger charge is 2.17. The number of rotatable bonds is 9. The summed E-state index contributed by atoms with van der Waals surface area (Å²) in [5.74, 6) is 0. The average Bonchev–Trinajstić information content (AvgIpc) is 2.73. The zero-order chi connectivity index (χ0) is 21.6. The molecule has 3 aromatic rings. The van der Waals surface area contributed by atoms with Crippen molar-refractivity contribution in [3.63, 3.8) is 0 Å². The maximum atomic E-state index is 12.5. The molecule has 0 aromatic heterocycles. The fraction of sp³-hybridized carbons (Fsp3) is 0.182. The zero-order valence-electron chi connectivity index (χ0n) is 16.5. The molecule has 0 heterocycles. The number of sulfone groups is 1. The van der Waals surface area contributed by atoms with Gasteiger partial charge in [-0.2, -0.15) is 0 Å². The summed E-state index contributed by atoms with van der Waals surface area (Å²) in [6, 6.07) is 22.6. The predicted octanol–water partition coefficient (Wildman–Crippen LogP) is 3.29. The van der Waals surface area contributed by atoms with Gasteiger partial charge in [-0.25, -0.2) is 21.6 Å². The molecular formula is C22H23NO5S2. The van der Waals surface area contributed by atoms with Crippen LogP contribution in [0, 0.1) is 0 Å². The molecule has 0 radical (unpaired) electrons. The first-order valence-corrected chi connectivity index (χ1v) is 12.6. The number of sulfonamides is 1. The Morgan fingerprint density at radius 1 is 0.700 bits per heavy atom. The highest BCUT2D eigenvalue weighted by Crippen LogP contribution is 2.16. The number of nitrogens with one attached hydrogen (secondary N) is 1. The van der Waals surface area contributed by atoms with Crippen LogP contribution in [0.25, 0.3) is 0 Å². The molecule has 0 aliphatic rings. The summed E-state index contributed by atoms with van der Waals surface area (Å²) in [4.78, 5) is -0.124. The Hall–Kier alpha value is -2.52. The van der Waals surface area contributed by atoms with Gasteiger partial charge in [0.25, 0.3) is 0 Å². The normalized spacial score (nSPS) is 12.0. The second-order valence-electron chi connectivity index (χ2n) is 6.87. The van der Waals surface area contributed by atoms with Crippen LogP contribution in [0.3, 0.4) is 0 Å². The van der Waals surface area contributed by atoms with Crippen molar-refractivity contribution in [2.45, 2.75) is 29.5 Å². The average molecular weight is 446 g/mol. The molecule has 0 unspecified atom stereocenters. The van der Waals surface area contributed by atoms with Crippen LogP contribution < -0.4 is 4.72 Å². The van der Waals surface area contributed by atoms with Crippen molar-refractivity contribution in [3.8, 4) is 0 Å². The van der Waals surface area contributed by atoms with Gasteiger partial charge >= 0.3 is 0 Å². The lowest BCUT2D eigenvalue weighted by atomic mass is 10.1. The smallest absolute Gasteiger partial charge is 0.240 e. The van der Waals surface area contributed by atoms with Crippen molar-refractivity contribution in [2.75, 3.05) is 6.26 Å². The summed E-state index contributed by atoms with van der Waals surface area (Å²) in [6.45, 7) is 1.07. The summed E-state index contributed by atoms with van der Waals surface area (Å²) in [5.41, 5.74) is 2.87. The van der Waals surface area contributed by atoms with Gasteiger partial charge in [0.05, 0.1) is 23.0 Å². The van der Waals surface area contributed by atoms with Gasteiger partial charge in [0.15, 0.2) is 9.84 Å². The summed E-state index contributed by atoms with van der Waals surface area (Å²) < 4.78 is 56.5. The first-order chi connectivity index (χ1) is 14.2. The summed E-state index contributed by atoms with van der Waals surface area (Å²) in [5, 5.41) is 0. The molecule has 3 aromatic carbocycles. The van der Waals surface area contributed by atoms with E-state index in [1.165, 1.54) is 18.2 Å². The minimum atomic E-state index is -3.84. The predicted molar refractivity (Wildman–Crippen MR) is 115 cm³/mol. The van der Waals surface area contributed by atoms with Crippen LogP contribution in [0.2, 0.25) is 0 Å². The monoisotopic (exact) mass is 445 g/mol. The molecule has 0 saturated carbocycles. The largest absolute Gasteiger partial charge is 0.372 e. The number of hydrogen-bond acceptors (Lipinski definition) is 5. The highest BCUT2D eigenvalue weighted by molar-refractivity contribution is 7.91. The molecule has 0 spiro atoms. The first kappa shape index (κ1) is 22.2. The Morgan fingerprint density at radius 3 is 1.90 bits per heavy atom. The van der Waals surface area contributed by atoms with Gasteiger partial charge in [0, 0.05) is 12.8 Å². The van der Waals surface area contributed by atoms with E-state index in [4.69, 9.17) is 4.74 Å². The maximum Gasteiger partial charge on any atom is 0.240 e. The Kier molecular flexibility index (Phi) is 7.04. The van der Waals surface area contributed by atoms with E-state index in [0.717, 1.165) is 29.0 Å². The minimum Gasteiger partial charge on any atom is -0.372 e. The number of benzene rings is 3. The Balaban J connectivity index is 1.56. The molecule has 158 valence electrons. The lowest BCUT2D eigenvalue weighted by Crippen LogP contribution is -2.23. The van der Waals surface area contributed by atoms with Crippen LogP contribution in [0.4, 0.5) is 0 Å². The van der Waals surface area contributed by atoms with Crippen molar-refractivity contribution >= 4 is 19.9 Å². The molecule has 6 nitrogen and oxygen atoms in total. The molecule has 0 bridgehead atoms. The second-order valence-corrected chi connectivity index (χ2v) is 10.6. The van der Waals surface area contributed by atoms with Gasteiger partial charge in [0.2, 0.25) is 10.0 Å². The molecule has 0 saturated heterocycles. The van der Waals surface area contributed by atoms with Crippen LogP contribution in [-0.4, -0.2) is 23.1 Å². The van der Waals surface area contributed by atoms with Crippen LogP contribution in [-0.2, 0) is 44.4 Å². The maximum absolute atomic E-state index is 12.5. The second kappa shape index (κ2) is 9.53. The van der Waals surface area contributed by atoms with E-state index >= 15 is 0 Å². The van der Waals surface area contributed by atoms with Crippen LogP contribution in [0.5, 0.6) is 0 Å². The van der Waals surface area contributed by atoms with Gasteiger partial charge in [-0.1, -0.05) is 60.7 Å². The van der Waals surface area contributed by atoms with Gasteiger partial charge in [-0.05, 0) is 34.9 Å². The number of ether oxygens (including phenoxy) is 1. The van der Waals surface area contributed by atoms with Gasteiger partial charge in [-0.15, -0.1) is 0 Å². The lowest BCUT2D eigenvalue weighted by Gasteiger charge is -2.09. The summed E-state index contributed by atoms with van der Waals surface area (Å²) in [7, 11) is -7.32. The Labute approximate surface area is 177 Å². The SMILES string of the molecule is CS(=O)(=O)c1cccc(S(=O)(=O)NCc2ccc(COCc3ccccc3)cc2)c1. The molecule has 8 heteroatoms. The molecule has 0 atom stereocenters. The van der Waals surface area contributed by atoms with Crippen molar-refractivity contribution in [1.29, 1.82) is 0 Å². The van der Waals surface area contributed by atoms with Crippen molar-refractivity contribution < 1.29 is 21.6 Å². The van der Waals surface area contributed by atoms with E-state index in [9.17, 15) is 16.8 Å². The van der Waals surface area contributed by atoms with Crippen LogP contribution in [0.1, 0.15) is 16.7 Å².